The first-order valence-corrected chi connectivity index (χ1v) is 6.48. The van der Waals surface area contributed by atoms with E-state index in [9.17, 15) is 14.0 Å². The second-order valence-electron chi connectivity index (χ2n) is 4.56. The fourth-order valence-electron chi connectivity index (χ4n) is 1.72. The lowest BCUT2D eigenvalue weighted by Gasteiger charge is -2.14. The minimum atomic E-state index is -0.706. The molecule has 0 saturated carbocycles. The molecule has 2 aromatic carbocycles. The third kappa shape index (κ3) is 4.14. The maximum atomic E-state index is 12.8. The lowest BCUT2D eigenvalue weighted by Crippen LogP contribution is -2.41. The predicted molar refractivity (Wildman–Crippen MR) is 78.4 cm³/mol. The summed E-state index contributed by atoms with van der Waals surface area (Å²) in [6.07, 6.45) is 0. The summed E-state index contributed by atoms with van der Waals surface area (Å²) >= 11 is 0. The quantitative estimate of drug-likeness (QED) is 0.907. The molecule has 5 heteroatoms. The van der Waals surface area contributed by atoms with Gasteiger partial charge in [-0.15, -0.1) is 0 Å². The van der Waals surface area contributed by atoms with Crippen molar-refractivity contribution in [2.45, 2.75) is 13.0 Å². The van der Waals surface area contributed by atoms with Gasteiger partial charge in [0.1, 0.15) is 11.9 Å². The molecule has 0 aliphatic rings. The number of benzene rings is 2. The van der Waals surface area contributed by atoms with Crippen molar-refractivity contribution in [1.29, 1.82) is 0 Å². The van der Waals surface area contributed by atoms with Crippen LogP contribution in [0.2, 0.25) is 0 Å². The number of amides is 2. The molecule has 0 heterocycles. The highest BCUT2D eigenvalue weighted by Gasteiger charge is 2.16. The van der Waals surface area contributed by atoms with Crippen molar-refractivity contribution in [2.24, 2.45) is 0 Å². The molecule has 0 aliphatic carbocycles. The average molecular weight is 286 g/mol. The second-order valence-corrected chi connectivity index (χ2v) is 4.56. The van der Waals surface area contributed by atoms with Crippen LogP contribution in [0.1, 0.15) is 17.3 Å². The second kappa shape index (κ2) is 6.65. The molecule has 108 valence electrons. The van der Waals surface area contributed by atoms with Crippen LogP contribution >= 0.6 is 0 Å². The third-order valence-corrected chi connectivity index (χ3v) is 2.89. The zero-order valence-electron chi connectivity index (χ0n) is 11.5. The maximum absolute atomic E-state index is 12.8. The Hall–Kier alpha value is -2.69. The van der Waals surface area contributed by atoms with Gasteiger partial charge < -0.3 is 10.6 Å². The first-order chi connectivity index (χ1) is 10.1. The molecule has 0 aromatic heterocycles. The van der Waals surface area contributed by atoms with E-state index < -0.39 is 6.04 Å². The molecule has 21 heavy (non-hydrogen) atoms. The first kappa shape index (κ1) is 14.7. The molecule has 0 radical (unpaired) electrons. The van der Waals surface area contributed by atoms with Crippen LogP contribution in [0.3, 0.4) is 0 Å². The number of hydrogen-bond donors (Lipinski definition) is 2. The molecule has 0 saturated heterocycles. The molecule has 2 rings (SSSR count). The molecular weight excluding hydrogens is 271 g/mol. The average Bonchev–Trinajstić information content (AvgIpc) is 2.50. The largest absolute Gasteiger partial charge is 0.341 e. The summed E-state index contributed by atoms with van der Waals surface area (Å²) < 4.78 is 12.8. The van der Waals surface area contributed by atoms with Crippen LogP contribution < -0.4 is 10.6 Å². The Kier molecular flexibility index (Phi) is 4.66. The van der Waals surface area contributed by atoms with Gasteiger partial charge in [-0.25, -0.2) is 4.39 Å². The molecule has 1 atom stereocenters. The molecule has 2 N–H and O–H groups in total. The number of carbonyl (C=O) groups is 2. The number of hydrogen-bond acceptors (Lipinski definition) is 2. The van der Waals surface area contributed by atoms with Gasteiger partial charge in [0, 0.05) is 11.3 Å². The minimum Gasteiger partial charge on any atom is -0.341 e. The van der Waals surface area contributed by atoms with Gasteiger partial charge in [-0.2, -0.15) is 0 Å². The zero-order valence-corrected chi connectivity index (χ0v) is 11.5. The number of rotatable bonds is 4. The fourth-order valence-corrected chi connectivity index (χ4v) is 1.72. The molecular formula is C16H15FN2O2. The highest BCUT2D eigenvalue weighted by atomic mass is 19.1. The van der Waals surface area contributed by atoms with Gasteiger partial charge in [-0.1, -0.05) is 18.2 Å². The summed E-state index contributed by atoms with van der Waals surface area (Å²) in [6, 6.07) is 13.4. The van der Waals surface area contributed by atoms with Gasteiger partial charge in [0.15, 0.2) is 0 Å². The van der Waals surface area contributed by atoms with Crippen molar-refractivity contribution >= 4 is 17.5 Å². The Bertz CT molecular complexity index is 626. The minimum absolute atomic E-state index is 0.322. The van der Waals surface area contributed by atoms with E-state index in [1.54, 1.807) is 37.3 Å². The summed E-state index contributed by atoms with van der Waals surface area (Å²) in [4.78, 5) is 23.9. The molecule has 4 nitrogen and oxygen atoms in total. The van der Waals surface area contributed by atoms with Crippen LogP contribution in [0.4, 0.5) is 10.1 Å². The van der Waals surface area contributed by atoms with Crippen LogP contribution in [-0.4, -0.2) is 17.9 Å². The van der Waals surface area contributed by atoms with Crippen molar-refractivity contribution in [3.05, 3.63) is 66.0 Å². The van der Waals surface area contributed by atoms with E-state index in [1.165, 1.54) is 24.3 Å². The normalized spacial score (nSPS) is 11.5. The van der Waals surface area contributed by atoms with Crippen molar-refractivity contribution in [3.63, 3.8) is 0 Å². The van der Waals surface area contributed by atoms with E-state index in [0.29, 0.717) is 11.3 Å². The highest BCUT2D eigenvalue weighted by Crippen LogP contribution is 2.08. The Balaban J connectivity index is 1.93. The monoisotopic (exact) mass is 286 g/mol. The lowest BCUT2D eigenvalue weighted by molar-refractivity contribution is -0.117. The van der Waals surface area contributed by atoms with Crippen LogP contribution in [0.5, 0.6) is 0 Å². The van der Waals surface area contributed by atoms with Gasteiger partial charge in [-0.05, 0) is 43.3 Å². The van der Waals surface area contributed by atoms with Crippen LogP contribution in [0, 0.1) is 5.82 Å². The van der Waals surface area contributed by atoms with Crippen LogP contribution in [0.25, 0.3) is 0 Å². The van der Waals surface area contributed by atoms with Crippen LogP contribution in [0.15, 0.2) is 54.6 Å². The number of halogens is 1. The number of anilines is 1. The SMILES string of the molecule is CC(NC(=O)c1ccccc1)C(=O)Nc1ccc(F)cc1. The van der Waals surface area contributed by atoms with E-state index in [4.69, 9.17) is 0 Å². The standard InChI is InChI=1S/C16H15FN2O2/c1-11(18-16(21)12-5-3-2-4-6-12)15(20)19-14-9-7-13(17)8-10-14/h2-11H,1H3,(H,18,21)(H,19,20). The van der Waals surface area contributed by atoms with E-state index in [0.717, 1.165) is 0 Å². The third-order valence-electron chi connectivity index (χ3n) is 2.89. The van der Waals surface area contributed by atoms with Crippen molar-refractivity contribution in [3.8, 4) is 0 Å². The smallest absolute Gasteiger partial charge is 0.251 e. The predicted octanol–water partition coefficient (Wildman–Crippen LogP) is 2.58. The van der Waals surface area contributed by atoms with Gasteiger partial charge in [0.25, 0.3) is 5.91 Å². The molecule has 2 amide bonds. The van der Waals surface area contributed by atoms with E-state index in [-0.39, 0.29) is 17.6 Å². The van der Waals surface area contributed by atoms with Crippen molar-refractivity contribution in [1.82, 2.24) is 5.32 Å². The van der Waals surface area contributed by atoms with E-state index in [1.807, 2.05) is 0 Å². The maximum Gasteiger partial charge on any atom is 0.251 e. The Morgan fingerprint density at radius 3 is 2.24 bits per heavy atom. The Morgan fingerprint density at radius 1 is 1.00 bits per heavy atom. The zero-order chi connectivity index (χ0) is 15.2. The van der Waals surface area contributed by atoms with Crippen molar-refractivity contribution in [2.75, 3.05) is 5.32 Å². The molecule has 0 fully saturated rings. The highest BCUT2D eigenvalue weighted by molar-refractivity contribution is 6.00. The molecule has 0 aliphatic heterocycles. The van der Waals surface area contributed by atoms with E-state index >= 15 is 0 Å². The molecule has 2 aromatic rings. The molecule has 0 spiro atoms. The van der Waals surface area contributed by atoms with E-state index in [2.05, 4.69) is 10.6 Å². The summed E-state index contributed by atoms with van der Waals surface area (Å²) in [7, 11) is 0. The summed E-state index contributed by atoms with van der Waals surface area (Å²) in [5.74, 6) is -1.07. The molecule has 1 unspecified atom stereocenters. The van der Waals surface area contributed by atoms with Crippen LogP contribution in [-0.2, 0) is 4.79 Å². The summed E-state index contributed by atoms with van der Waals surface area (Å²) in [5, 5.41) is 5.21. The van der Waals surface area contributed by atoms with Gasteiger partial charge in [0.2, 0.25) is 5.91 Å². The van der Waals surface area contributed by atoms with Gasteiger partial charge >= 0.3 is 0 Å². The summed E-state index contributed by atoms with van der Waals surface area (Å²) in [5.41, 5.74) is 0.959. The van der Waals surface area contributed by atoms with Gasteiger partial charge in [0.05, 0.1) is 0 Å². The van der Waals surface area contributed by atoms with Crippen molar-refractivity contribution < 1.29 is 14.0 Å². The lowest BCUT2D eigenvalue weighted by atomic mass is 10.2. The molecule has 0 bridgehead atoms. The number of nitrogens with one attached hydrogen (secondary N) is 2. The summed E-state index contributed by atoms with van der Waals surface area (Å²) in [6.45, 7) is 1.58. The Morgan fingerprint density at radius 2 is 1.62 bits per heavy atom. The Labute approximate surface area is 122 Å². The topological polar surface area (TPSA) is 58.2 Å². The fraction of sp³-hybridized carbons (Fsp3) is 0.125. The van der Waals surface area contributed by atoms with Gasteiger partial charge in [-0.3, -0.25) is 9.59 Å². The number of carbonyl (C=O) groups excluding carboxylic acids is 2. The first-order valence-electron chi connectivity index (χ1n) is 6.48.